The van der Waals surface area contributed by atoms with E-state index in [4.69, 9.17) is 10.8 Å². The van der Waals surface area contributed by atoms with Crippen molar-refractivity contribution in [2.75, 3.05) is 5.73 Å². The number of nitrogens with two attached hydrogens (primary N) is 1. The Morgan fingerprint density at radius 2 is 2.33 bits per heavy atom. The maximum atomic E-state index is 11.5. The molecule has 0 aromatic carbocycles. The predicted octanol–water partition coefficient (Wildman–Crippen LogP) is -0.724. The van der Waals surface area contributed by atoms with Gasteiger partial charge in [0.1, 0.15) is 0 Å². The average molecular weight is 213 g/mol. The summed E-state index contributed by atoms with van der Waals surface area (Å²) in [5, 5.41) is 17.7. The number of aromatic nitrogens is 3. The lowest BCUT2D eigenvalue weighted by Gasteiger charge is -2.13. The number of amides is 1. The van der Waals surface area contributed by atoms with Gasteiger partial charge in [-0.05, 0) is 20.3 Å². The van der Waals surface area contributed by atoms with E-state index in [0.717, 1.165) is 0 Å². The standard InChI is InChI=1S/C8H15N5O2/c1-4(3-5(2)14)10-7(15)6-11-8(9)13-12-6/h4-5,14H,3H2,1-2H3,(H,10,15)(H3,9,11,12,13). The van der Waals surface area contributed by atoms with Crippen molar-refractivity contribution in [3.8, 4) is 0 Å². The third-order valence-corrected chi connectivity index (χ3v) is 1.79. The van der Waals surface area contributed by atoms with Crippen LogP contribution >= 0.6 is 0 Å². The van der Waals surface area contributed by atoms with Gasteiger partial charge in [0.25, 0.3) is 5.91 Å². The van der Waals surface area contributed by atoms with Crippen molar-refractivity contribution < 1.29 is 9.90 Å². The first-order chi connectivity index (χ1) is 6.99. The minimum atomic E-state index is -0.458. The quantitative estimate of drug-likeness (QED) is 0.526. The molecule has 0 radical (unpaired) electrons. The van der Waals surface area contributed by atoms with Crippen molar-refractivity contribution in [1.82, 2.24) is 20.5 Å². The number of carbonyl (C=O) groups is 1. The summed E-state index contributed by atoms with van der Waals surface area (Å²) < 4.78 is 0. The highest BCUT2D eigenvalue weighted by atomic mass is 16.3. The van der Waals surface area contributed by atoms with Crippen molar-refractivity contribution in [3.63, 3.8) is 0 Å². The fraction of sp³-hybridized carbons (Fsp3) is 0.625. The van der Waals surface area contributed by atoms with E-state index >= 15 is 0 Å². The van der Waals surface area contributed by atoms with E-state index in [1.807, 2.05) is 0 Å². The SMILES string of the molecule is CC(O)CC(C)NC(=O)c1nc(N)n[nH]1. The Balaban J connectivity index is 2.49. The summed E-state index contributed by atoms with van der Waals surface area (Å²) in [5.74, 6) is -0.277. The molecule has 15 heavy (non-hydrogen) atoms. The average Bonchev–Trinajstić information content (AvgIpc) is 2.49. The number of carbonyl (C=O) groups excluding carboxylic acids is 1. The van der Waals surface area contributed by atoms with Gasteiger partial charge in [-0.2, -0.15) is 4.98 Å². The zero-order chi connectivity index (χ0) is 11.4. The third kappa shape index (κ3) is 3.55. The third-order valence-electron chi connectivity index (χ3n) is 1.79. The van der Waals surface area contributed by atoms with E-state index in [9.17, 15) is 4.79 Å². The Bertz CT molecular complexity index is 336. The van der Waals surface area contributed by atoms with Crippen LogP contribution in [-0.2, 0) is 0 Å². The van der Waals surface area contributed by atoms with Crippen molar-refractivity contribution in [2.45, 2.75) is 32.4 Å². The van der Waals surface area contributed by atoms with Gasteiger partial charge >= 0.3 is 0 Å². The van der Waals surface area contributed by atoms with E-state index in [1.54, 1.807) is 13.8 Å². The van der Waals surface area contributed by atoms with Crippen LogP contribution in [-0.4, -0.2) is 38.3 Å². The highest BCUT2D eigenvalue weighted by Crippen LogP contribution is 1.99. The minimum absolute atomic E-state index is 0.0309. The summed E-state index contributed by atoms with van der Waals surface area (Å²) in [5.41, 5.74) is 5.25. The molecule has 7 nitrogen and oxygen atoms in total. The van der Waals surface area contributed by atoms with Crippen molar-refractivity contribution in [1.29, 1.82) is 0 Å². The summed E-state index contributed by atoms with van der Waals surface area (Å²) >= 11 is 0. The number of hydrogen-bond acceptors (Lipinski definition) is 5. The second-order valence-electron chi connectivity index (χ2n) is 3.50. The van der Waals surface area contributed by atoms with Crippen LogP contribution in [0, 0.1) is 0 Å². The van der Waals surface area contributed by atoms with Gasteiger partial charge in [-0.15, -0.1) is 5.10 Å². The molecule has 0 bridgehead atoms. The lowest BCUT2D eigenvalue weighted by atomic mass is 10.1. The lowest BCUT2D eigenvalue weighted by Crippen LogP contribution is -2.35. The number of aromatic amines is 1. The second-order valence-corrected chi connectivity index (χ2v) is 3.50. The van der Waals surface area contributed by atoms with Crippen LogP contribution in [0.3, 0.4) is 0 Å². The number of nitrogen functional groups attached to an aromatic ring is 1. The maximum absolute atomic E-state index is 11.5. The van der Waals surface area contributed by atoms with E-state index in [0.29, 0.717) is 6.42 Å². The van der Waals surface area contributed by atoms with Crippen LogP contribution in [0.25, 0.3) is 0 Å². The molecular formula is C8H15N5O2. The summed E-state index contributed by atoms with van der Waals surface area (Å²) in [6, 6.07) is -0.135. The molecule has 0 aliphatic rings. The molecule has 2 unspecified atom stereocenters. The molecule has 1 rings (SSSR count). The topological polar surface area (TPSA) is 117 Å². The first-order valence-electron chi connectivity index (χ1n) is 4.66. The molecule has 0 aliphatic carbocycles. The second kappa shape index (κ2) is 4.74. The number of aliphatic hydroxyl groups is 1. The van der Waals surface area contributed by atoms with Gasteiger partial charge < -0.3 is 16.2 Å². The van der Waals surface area contributed by atoms with Gasteiger partial charge in [0, 0.05) is 6.04 Å². The molecule has 2 atom stereocenters. The first kappa shape index (κ1) is 11.4. The predicted molar refractivity (Wildman–Crippen MR) is 54.0 cm³/mol. The highest BCUT2D eigenvalue weighted by molar-refractivity contribution is 5.90. The molecule has 1 amide bonds. The zero-order valence-corrected chi connectivity index (χ0v) is 8.69. The molecule has 0 saturated carbocycles. The highest BCUT2D eigenvalue weighted by Gasteiger charge is 2.14. The van der Waals surface area contributed by atoms with Crippen LogP contribution in [0.15, 0.2) is 0 Å². The molecule has 0 saturated heterocycles. The van der Waals surface area contributed by atoms with Gasteiger partial charge in [0.2, 0.25) is 11.8 Å². The Hall–Kier alpha value is -1.63. The minimum Gasteiger partial charge on any atom is -0.393 e. The van der Waals surface area contributed by atoms with Gasteiger partial charge in [0.15, 0.2) is 0 Å². The van der Waals surface area contributed by atoms with Crippen molar-refractivity contribution in [3.05, 3.63) is 5.82 Å². The van der Waals surface area contributed by atoms with E-state index in [1.165, 1.54) is 0 Å². The monoisotopic (exact) mass is 213 g/mol. The first-order valence-corrected chi connectivity index (χ1v) is 4.66. The Kier molecular flexibility index (Phi) is 3.62. The van der Waals surface area contributed by atoms with Gasteiger partial charge in [-0.3, -0.25) is 9.89 Å². The molecule has 1 aromatic heterocycles. The van der Waals surface area contributed by atoms with Crippen LogP contribution in [0.5, 0.6) is 0 Å². The molecule has 84 valence electrons. The number of nitrogens with one attached hydrogen (secondary N) is 2. The lowest BCUT2D eigenvalue weighted by molar-refractivity contribution is 0.0913. The van der Waals surface area contributed by atoms with Crippen LogP contribution in [0.1, 0.15) is 30.9 Å². The van der Waals surface area contributed by atoms with Crippen molar-refractivity contribution in [2.24, 2.45) is 0 Å². The maximum Gasteiger partial charge on any atom is 0.288 e. The molecular weight excluding hydrogens is 198 g/mol. The summed E-state index contributed by atoms with van der Waals surface area (Å²) in [4.78, 5) is 15.1. The number of aliphatic hydroxyl groups excluding tert-OH is 1. The van der Waals surface area contributed by atoms with Crippen molar-refractivity contribution >= 4 is 11.9 Å². The smallest absolute Gasteiger partial charge is 0.288 e. The fourth-order valence-corrected chi connectivity index (χ4v) is 1.24. The Morgan fingerprint density at radius 3 is 2.80 bits per heavy atom. The molecule has 0 spiro atoms. The number of rotatable bonds is 4. The van der Waals surface area contributed by atoms with Crippen LogP contribution in [0.4, 0.5) is 5.95 Å². The van der Waals surface area contributed by atoms with Gasteiger partial charge in [-0.25, -0.2) is 0 Å². The number of anilines is 1. The number of nitrogens with zero attached hydrogens (tertiary/aromatic N) is 2. The largest absolute Gasteiger partial charge is 0.393 e. The fourth-order valence-electron chi connectivity index (χ4n) is 1.24. The van der Waals surface area contributed by atoms with E-state index < -0.39 is 6.10 Å². The normalized spacial score (nSPS) is 14.6. The summed E-state index contributed by atoms with van der Waals surface area (Å²) in [6.07, 6.45) is 0.0233. The summed E-state index contributed by atoms with van der Waals surface area (Å²) in [7, 11) is 0. The Morgan fingerprint density at radius 1 is 1.67 bits per heavy atom. The van der Waals surface area contributed by atoms with E-state index in [-0.39, 0.29) is 23.7 Å². The molecule has 5 N–H and O–H groups in total. The molecule has 1 heterocycles. The molecule has 0 fully saturated rings. The molecule has 7 heteroatoms. The number of hydrogen-bond donors (Lipinski definition) is 4. The molecule has 0 aliphatic heterocycles. The number of H-pyrrole nitrogens is 1. The van der Waals surface area contributed by atoms with Crippen LogP contribution < -0.4 is 11.1 Å². The molecule has 1 aromatic rings. The van der Waals surface area contributed by atoms with Gasteiger partial charge in [0.05, 0.1) is 6.10 Å². The van der Waals surface area contributed by atoms with Gasteiger partial charge in [-0.1, -0.05) is 0 Å². The zero-order valence-electron chi connectivity index (χ0n) is 8.69. The van der Waals surface area contributed by atoms with Crippen LogP contribution in [0.2, 0.25) is 0 Å². The van der Waals surface area contributed by atoms with E-state index in [2.05, 4.69) is 20.5 Å². The summed E-state index contributed by atoms with van der Waals surface area (Å²) in [6.45, 7) is 3.46. The Labute approximate surface area is 87.1 Å².